The number of esters is 1. The fourth-order valence-electron chi connectivity index (χ4n) is 3.36. The molecule has 1 N–H and O–H groups in total. The van der Waals surface area contributed by atoms with Gasteiger partial charge in [0.05, 0.1) is 6.61 Å². The van der Waals surface area contributed by atoms with E-state index in [1.165, 1.54) is 6.92 Å². The van der Waals surface area contributed by atoms with Gasteiger partial charge in [0, 0.05) is 28.2 Å². The summed E-state index contributed by atoms with van der Waals surface area (Å²) >= 11 is 3.53. The van der Waals surface area contributed by atoms with Crippen LogP contribution in [0.2, 0.25) is 0 Å². The van der Waals surface area contributed by atoms with Gasteiger partial charge in [0.2, 0.25) is 11.8 Å². The van der Waals surface area contributed by atoms with Gasteiger partial charge in [-0.15, -0.1) is 0 Å². The Labute approximate surface area is 211 Å². The van der Waals surface area contributed by atoms with Crippen LogP contribution in [0.15, 0.2) is 81.9 Å². The highest BCUT2D eigenvalue weighted by atomic mass is 79.9. The van der Waals surface area contributed by atoms with Crippen molar-refractivity contribution in [2.24, 2.45) is 4.99 Å². The monoisotopic (exact) mass is 534 g/mol. The molecule has 0 spiro atoms. The van der Waals surface area contributed by atoms with E-state index >= 15 is 0 Å². The molecular weight excluding hydrogens is 512 g/mol. The molecule has 178 valence electrons. The molecule has 0 atom stereocenters. The summed E-state index contributed by atoms with van der Waals surface area (Å²) in [6.07, 6.45) is 1.64. The summed E-state index contributed by atoms with van der Waals surface area (Å²) in [6, 6.07) is 20.2. The smallest absolute Gasteiger partial charge is 0.363 e. The molecular formula is C27H23BrN2O5. The van der Waals surface area contributed by atoms with Crippen molar-refractivity contribution in [3.63, 3.8) is 0 Å². The number of hydrogen-bond acceptors (Lipinski definition) is 6. The highest BCUT2D eigenvalue weighted by Crippen LogP contribution is 2.31. The van der Waals surface area contributed by atoms with Crippen LogP contribution in [0, 0.1) is 0 Å². The van der Waals surface area contributed by atoms with Crippen molar-refractivity contribution in [2.75, 3.05) is 11.9 Å². The Morgan fingerprint density at radius 3 is 2.54 bits per heavy atom. The van der Waals surface area contributed by atoms with Gasteiger partial charge in [-0.05, 0) is 61.0 Å². The third kappa shape index (κ3) is 6.16. The zero-order chi connectivity index (χ0) is 24.8. The maximum atomic E-state index is 12.4. The minimum Gasteiger partial charge on any atom is -0.490 e. The number of nitrogens with one attached hydrogen (secondary N) is 1. The first-order chi connectivity index (χ1) is 16.9. The highest BCUT2D eigenvalue weighted by Gasteiger charge is 2.24. The van der Waals surface area contributed by atoms with E-state index in [-0.39, 0.29) is 17.5 Å². The third-order valence-electron chi connectivity index (χ3n) is 4.98. The predicted octanol–water partition coefficient (Wildman–Crippen LogP) is 5.73. The summed E-state index contributed by atoms with van der Waals surface area (Å²) in [7, 11) is 0. The number of hydrogen-bond donors (Lipinski definition) is 1. The van der Waals surface area contributed by atoms with E-state index in [4.69, 9.17) is 14.2 Å². The maximum Gasteiger partial charge on any atom is 0.363 e. The van der Waals surface area contributed by atoms with Gasteiger partial charge in [0.15, 0.2) is 17.2 Å². The lowest BCUT2D eigenvalue weighted by molar-refractivity contribution is -0.129. The number of benzene rings is 3. The number of ether oxygens (including phenoxy) is 3. The van der Waals surface area contributed by atoms with Crippen molar-refractivity contribution < 1.29 is 23.8 Å². The minimum absolute atomic E-state index is 0.164. The standard InChI is InChI=1S/C27H23BrN2O5/c1-3-33-25-15-18(8-13-24(25)34-16-20-6-4-5-7-22(20)28)14-23-27(32)35-26(30-23)19-9-11-21(12-10-19)29-17(2)31/h4-15H,3,16H2,1-2H3,(H,29,31)/b23-14-. The van der Waals surface area contributed by atoms with Crippen molar-refractivity contribution in [3.05, 3.63) is 93.6 Å². The highest BCUT2D eigenvalue weighted by molar-refractivity contribution is 9.10. The summed E-state index contributed by atoms with van der Waals surface area (Å²) in [4.78, 5) is 28.0. The van der Waals surface area contributed by atoms with Gasteiger partial charge in [-0.2, -0.15) is 0 Å². The number of halogens is 1. The van der Waals surface area contributed by atoms with Gasteiger partial charge in [-0.25, -0.2) is 9.79 Å². The number of nitrogens with zero attached hydrogens (tertiary/aromatic N) is 1. The predicted molar refractivity (Wildman–Crippen MR) is 137 cm³/mol. The molecule has 3 aromatic rings. The molecule has 7 nitrogen and oxygen atoms in total. The Hall–Kier alpha value is -3.91. The molecule has 0 fully saturated rings. The second kappa shape index (κ2) is 11.0. The summed E-state index contributed by atoms with van der Waals surface area (Å²) in [5.41, 5.74) is 3.19. The van der Waals surface area contributed by atoms with Crippen molar-refractivity contribution in [3.8, 4) is 11.5 Å². The minimum atomic E-state index is -0.543. The summed E-state index contributed by atoms with van der Waals surface area (Å²) in [5, 5.41) is 2.69. The molecule has 0 unspecified atom stereocenters. The summed E-state index contributed by atoms with van der Waals surface area (Å²) < 4.78 is 18.1. The van der Waals surface area contributed by atoms with Crippen LogP contribution in [0.5, 0.6) is 11.5 Å². The van der Waals surface area contributed by atoms with E-state index in [0.717, 1.165) is 15.6 Å². The number of amides is 1. The van der Waals surface area contributed by atoms with E-state index in [1.54, 1.807) is 42.5 Å². The van der Waals surface area contributed by atoms with Gasteiger partial charge < -0.3 is 19.5 Å². The number of anilines is 1. The Morgan fingerprint density at radius 2 is 1.83 bits per heavy atom. The third-order valence-corrected chi connectivity index (χ3v) is 5.76. The molecule has 0 aromatic heterocycles. The second-order valence-corrected chi connectivity index (χ2v) is 8.47. The van der Waals surface area contributed by atoms with E-state index in [1.807, 2.05) is 37.3 Å². The van der Waals surface area contributed by atoms with Gasteiger partial charge >= 0.3 is 5.97 Å². The van der Waals surface area contributed by atoms with Gasteiger partial charge in [-0.1, -0.05) is 40.2 Å². The molecule has 0 bridgehead atoms. The zero-order valence-corrected chi connectivity index (χ0v) is 20.8. The molecule has 1 aliphatic rings. The van der Waals surface area contributed by atoms with Crippen molar-refractivity contribution >= 4 is 45.5 Å². The lowest BCUT2D eigenvalue weighted by Gasteiger charge is -2.13. The molecule has 0 radical (unpaired) electrons. The topological polar surface area (TPSA) is 86.2 Å². The van der Waals surface area contributed by atoms with Crippen LogP contribution in [-0.2, 0) is 20.9 Å². The van der Waals surface area contributed by atoms with Crippen LogP contribution in [0.25, 0.3) is 6.08 Å². The van der Waals surface area contributed by atoms with Crippen LogP contribution >= 0.6 is 15.9 Å². The molecule has 4 rings (SSSR count). The van der Waals surface area contributed by atoms with Gasteiger partial charge in [-0.3, -0.25) is 4.79 Å². The lowest BCUT2D eigenvalue weighted by atomic mass is 10.1. The molecule has 35 heavy (non-hydrogen) atoms. The summed E-state index contributed by atoms with van der Waals surface area (Å²) in [5.74, 6) is 0.663. The van der Waals surface area contributed by atoms with E-state index in [9.17, 15) is 9.59 Å². The normalized spacial score (nSPS) is 13.9. The van der Waals surface area contributed by atoms with Gasteiger partial charge in [0.25, 0.3) is 0 Å². The number of rotatable bonds is 8. The van der Waals surface area contributed by atoms with E-state index in [2.05, 4.69) is 26.2 Å². The molecule has 3 aromatic carbocycles. The Balaban J connectivity index is 1.53. The SMILES string of the molecule is CCOc1cc(/C=C2\N=C(c3ccc(NC(C)=O)cc3)OC2=O)ccc1OCc1ccccc1Br. The van der Waals surface area contributed by atoms with Crippen molar-refractivity contribution in [2.45, 2.75) is 20.5 Å². The first kappa shape index (κ1) is 24.2. The first-order valence-electron chi connectivity index (χ1n) is 11.0. The quantitative estimate of drug-likeness (QED) is 0.294. The van der Waals surface area contributed by atoms with E-state index in [0.29, 0.717) is 36.0 Å². The molecule has 1 aliphatic heterocycles. The van der Waals surface area contributed by atoms with Crippen LogP contribution in [0.4, 0.5) is 5.69 Å². The molecule has 0 aliphatic carbocycles. The zero-order valence-electron chi connectivity index (χ0n) is 19.2. The van der Waals surface area contributed by atoms with Crippen LogP contribution in [0.3, 0.4) is 0 Å². The van der Waals surface area contributed by atoms with Crippen LogP contribution in [-0.4, -0.2) is 24.4 Å². The fourth-order valence-corrected chi connectivity index (χ4v) is 3.76. The van der Waals surface area contributed by atoms with E-state index < -0.39 is 5.97 Å². The number of carbonyl (C=O) groups is 2. The molecule has 1 amide bonds. The largest absolute Gasteiger partial charge is 0.490 e. The van der Waals surface area contributed by atoms with Crippen molar-refractivity contribution in [1.29, 1.82) is 0 Å². The Morgan fingerprint density at radius 1 is 1.06 bits per heavy atom. The molecule has 0 saturated carbocycles. The van der Waals surface area contributed by atoms with Crippen LogP contribution in [0.1, 0.15) is 30.5 Å². The summed E-state index contributed by atoms with van der Waals surface area (Å²) in [6.45, 7) is 4.17. The first-order valence-corrected chi connectivity index (χ1v) is 11.8. The Bertz CT molecular complexity index is 1320. The second-order valence-electron chi connectivity index (χ2n) is 7.61. The number of aliphatic imine (C=N–C) groups is 1. The number of cyclic esters (lactones) is 1. The average Bonchev–Trinajstić information content (AvgIpc) is 3.20. The Kier molecular flexibility index (Phi) is 7.62. The molecule has 0 saturated heterocycles. The maximum absolute atomic E-state index is 12.4. The van der Waals surface area contributed by atoms with Crippen molar-refractivity contribution in [1.82, 2.24) is 0 Å². The van der Waals surface area contributed by atoms with Gasteiger partial charge in [0.1, 0.15) is 6.61 Å². The average molecular weight is 535 g/mol. The fraction of sp³-hybridized carbons (Fsp3) is 0.148. The molecule has 8 heteroatoms. The molecule has 1 heterocycles. The lowest BCUT2D eigenvalue weighted by Crippen LogP contribution is -2.07. The van der Waals surface area contributed by atoms with Crippen LogP contribution < -0.4 is 14.8 Å². The number of carbonyl (C=O) groups excluding carboxylic acids is 2.